The Bertz CT molecular complexity index is 1320. The third-order valence-electron chi connectivity index (χ3n) is 6.07. The zero-order valence-electron chi connectivity index (χ0n) is 20.8. The topological polar surface area (TPSA) is 187 Å². The highest BCUT2D eigenvalue weighted by molar-refractivity contribution is 7.80. The van der Waals surface area contributed by atoms with E-state index in [9.17, 15) is 29.4 Å². The van der Waals surface area contributed by atoms with Crippen molar-refractivity contribution in [2.24, 2.45) is 5.73 Å². The zero-order valence-corrected chi connectivity index (χ0v) is 22.6. The number of hydrogen-bond donors (Lipinski definition) is 9. The fraction of sp³-hybridized carbons (Fsp3) is 0.308. The first kappa shape index (κ1) is 29.9. The van der Waals surface area contributed by atoms with Crippen LogP contribution >= 0.6 is 25.3 Å². The van der Waals surface area contributed by atoms with Gasteiger partial charge < -0.3 is 36.9 Å². The molecule has 11 nitrogen and oxygen atoms in total. The van der Waals surface area contributed by atoms with E-state index in [1.54, 1.807) is 18.3 Å². The second-order valence-corrected chi connectivity index (χ2v) is 9.66. The number of fused-ring (bicyclic) bond motifs is 1. The van der Waals surface area contributed by atoms with Crippen LogP contribution in [0.15, 0.2) is 54.7 Å². The van der Waals surface area contributed by atoms with Crippen molar-refractivity contribution >= 4 is 59.9 Å². The first-order valence-corrected chi connectivity index (χ1v) is 13.3. The number of phenols is 1. The summed E-state index contributed by atoms with van der Waals surface area (Å²) < 4.78 is 0. The average Bonchev–Trinajstić information content (AvgIpc) is 3.33. The van der Waals surface area contributed by atoms with Crippen LogP contribution < -0.4 is 21.7 Å². The molecule has 4 unspecified atom stereocenters. The third kappa shape index (κ3) is 8.15. The van der Waals surface area contributed by atoms with Crippen molar-refractivity contribution in [2.45, 2.75) is 37.0 Å². The van der Waals surface area contributed by atoms with Gasteiger partial charge in [0.2, 0.25) is 17.7 Å². The van der Waals surface area contributed by atoms with E-state index in [-0.39, 0.29) is 30.1 Å². The number of phenolic OH excluding ortho intramolecular Hbond substituents is 1. The molecular formula is C26H31N5O6S2. The molecule has 3 aromatic rings. The van der Waals surface area contributed by atoms with Gasteiger partial charge in [0.15, 0.2) is 0 Å². The van der Waals surface area contributed by atoms with E-state index in [1.165, 1.54) is 12.1 Å². The Balaban J connectivity index is 1.89. The Labute approximate surface area is 235 Å². The molecule has 0 spiro atoms. The van der Waals surface area contributed by atoms with Gasteiger partial charge in [-0.1, -0.05) is 30.3 Å². The Hall–Kier alpha value is -3.68. The van der Waals surface area contributed by atoms with E-state index in [4.69, 9.17) is 5.73 Å². The zero-order chi connectivity index (χ0) is 28.5. The molecule has 3 amide bonds. The quantitative estimate of drug-likeness (QED) is 0.132. The number of carboxylic acids is 1. The number of carboxylic acid groups (broad SMARTS) is 1. The second-order valence-electron chi connectivity index (χ2n) is 8.93. The number of rotatable bonds is 13. The molecule has 13 heteroatoms. The lowest BCUT2D eigenvalue weighted by molar-refractivity contribution is -0.141. The number of aliphatic carboxylic acids is 1. The van der Waals surface area contributed by atoms with Gasteiger partial charge in [-0.15, -0.1) is 0 Å². The van der Waals surface area contributed by atoms with E-state index in [2.05, 4.69) is 46.2 Å². The minimum Gasteiger partial charge on any atom is -0.508 e. The number of nitrogens with two attached hydrogens (primary N) is 1. The number of hydrogen-bond acceptors (Lipinski definition) is 8. The summed E-state index contributed by atoms with van der Waals surface area (Å²) in [4.78, 5) is 53.9. The van der Waals surface area contributed by atoms with Crippen LogP contribution in [0.3, 0.4) is 0 Å². The van der Waals surface area contributed by atoms with Crippen LogP contribution in [-0.4, -0.2) is 74.6 Å². The predicted octanol–water partition coefficient (Wildman–Crippen LogP) is 0.385. The van der Waals surface area contributed by atoms with E-state index in [1.807, 2.05) is 24.3 Å². The fourth-order valence-corrected chi connectivity index (χ4v) is 4.31. The smallest absolute Gasteiger partial charge is 0.327 e. The maximum Gasteiger partial charge on any atom is 0.327 e. The van der Waals surface area contributed by atoms with E-state index in [0.29, 0.717) is 5.56 Å². The summed E-state index contributed by atoms with van der Waals surface area (Å²) in [5, 5.41) is 27.5. The normalized spacial score (nSPS) is 14.1. The number of H-pyrrole nitrogens is 1. The van der Waals surface area contributed by atoms with Crippen molar-refractivity contribution in [1.82, 2.24) is 20.9 Å². The molecule has 8 N–H and O–H groups in total. The maximum absolute atomic E-state index is 13.5. The van der Waals surface area contributed by atoms with Crippen LogP contribution in [0.25, 0.3) is 10.9 Å². The van der Waals surface area contributed by atoms with Gasteiger partial charge in [0, 0.05) is 41.4 Å². The molecule has 208 valence electrons. The Morgan fingerprint density at radius 1 is 0.821 bits per heavy atom. The summed E-state index contributed by atoms with van der Waals surface area (Å²) >= 11 is 8.03. The molecule has 39 heavy (non-hydrogen) atoms. The number of amides is 3. The van der Waals surface area contributed by atoms with Crippen molar-refractivity contribution in [1.29, 1.82) is 0 Å². The summed E-state index contributed by atoms with van der Waals surface area (Å²) in [5.41, 5.74) is 7.97. The first-order valence-electron chi connectivity index (χ1n) is 12.1. The minimum absolute atomic E-state index is 0.0347. The highest BCUT2D eigenvalue weighted by atomic mass is 32.1. The monoisotopic (exact) mass is 573 g/mol. The van der Waals surface area contributed by atoms with E-state index >= 15 is 0 Å². The fourth-order valence-electron chi connectivity index (χ4n) is 3.90. The highest BCUT2D eigenvalue weighted by Crippen LogP contribution is 2.19. The molecule has 0 aliphatic carbocycles. The largest absolute Gasteiger partial charge is 0.508 e. The van der Waals surface area contributed by atoms with Gasteiger partial charge in [-0.2, -0.15) is 25.3 Å². The number of para-hydroxylation sites is 1. The number of carbonyl (C=O) groups excluding carboxylic acids is 3. The van der Waals surface area contributed by atoms with Crippen LogP contribution in [0.4, 0.5) is 0 Å². The van der Waals surface area contributed by atoms with Gasteiger partial charge >= 0.3 is 5.97 Å². The molecule has 0 aliphatic heterocycles. The molecule has 0 saturated heterocycles. The summed E-state index contributed by atoms with van der Waals surface area (Å²) in [6, 6.07) is 8.94. The molecule has 0 bridgehead atoms. The molecule has 4 atom stereocenters. The predicted molar refractivity (Wildman–Crippen MR) is 153 cm³/mol. The van der Waals surface area contributed by atoms with Gasteiger partial charge in [0.25, 0.3) is 0 Å². The molecule has 2 aromatic carbocycles. The van der Waals surface area contributed by atoms with Gasteiger partial charge in [-0.3, -0.25) is 14.4 Å². The standard InChI is InChI=1S/C26H31N5O6S2/c27-18(12-38)23(33)29-20(9-14-5-7-16(32)8-6-14)24(34)30-21(25(35)31-22(13-39)26(36)37)10-15-11-28-19-4-2-1-3-17(15)19/h1-8,11,18,20-22,28,32,38-39H,9-10,12-13,27H2,(H,29,33)(H,30,34)(H,31,35)(H,36,37). The maximum atomic E-state index is 13.5. The Morgan fingerprint density at radius 2 is 1.41 bits per heavy atom. The lowest BCUT2D eigenvalue weighted by atomic mass is 10.0. The Kier molecular flexibility index (Phi) is 10.7. The van der Waals surface area contributed by atoms with Crippen molar-refractivity contribution in [3.8, 4) is 5.75 Å². The number of thiol groups is 2. The van der Waals surface area contributed by atoms with Crippen LogP contribution in [0, 0.1) is 0 Å². The summed E-state index contributed by atoms with van der Waals surface area (Å²) in [5.74, 6) is -3.36. The van der Waals surface area contributed by atoms with Crippen LogP contribution in [0.2, 0.25) is 0 Å². The lowest BCUT2D eigenvalue weighted by Crippen LogP contribution is -2.58. The summed E-state index contributed by atoms with van der Waals surface area (Å²) in [6.45, 7) is 0. The molecule has 3 rings (SSSR count). The van der Waals surface area contributed by atoms with Gasteiger partial charge in [0.05, 0.1) is 6.04 Å². The molecule has 1 heterocycles. The van der Waals surface area contributed by atoms with E-state index in [0.717, 1.165) is 16.5 Å². The van der Waals surface area contributed by atoms with Crippen molar-refractivity contribution in [3.63, 3.8) is 0 Å². The molecule has 0 radical (unpaired) electrons. The van der Waals surface area contributed by atoms with E-state index < -0.39 is 47.9 Å². The molecule has 0 aliphatic rings. The van der Waals surface area contributed by atoms with Gasteiger partial charge in [-0.25, -0.2) is 4.79 Å². The first-order chi connectivity index (χ1) is 18.6. The Morgan fingerprint density at radius 3 is 2.03 bits per heavy atom. The van der Waals surface area contributed by atoms with Crippen molar-refractivity contribution in [3.05, 3.63) is 65.9 Å². The summed E-state index contributed by atoms with van der Waals surface area (Å²) in [7, 11) is 0. The number of aromatic amines is 1. The van der Waals surface area contributed by atoms with Crippen molar-refractivity contribution in [2.75, 3.05) is 11.5 Å². The molecule has 0 fully saturated rings. The van der Waals surface area contributed by atoms with Gasteiger partial charge in [0.1, 0.15) is 23.9 Å². The number of aromatic hydroxyl groups is 1. The number of nitrogens with one attached hydrogen (secondary N) is 4. The number of carbonyl (C=O) groups is 4. The summed E-state index contributed by atoms with van der Waals surface area (Å²) in [6.07, 6.45) is 1.79. The SMILES string of the molecule is NC(CS)C(=O)NC(Cc1ccc(O)cc1)C(=O)NC(Cc1c[nH]c2ccccc12)C(=O)NC(CS)C(=O)O. The third-order valence-corrected chi connectivity index (χ3v) is 6.83. The van der Waals surface area contributed by atoms with Gasteiger partial charge in [-0.05, 0) is 29.3 Å². The van der Waals surface area contributed by atoms with Crippen LogP contribution in [0.5, 0.6) is 5.75 Å². The average molecular weight is 574 g/mol. The second kappa shape index (κ2) is 13.9. The van der Waals surface area contributed by atoms with Crippen molar-refractivity contribution < 1.29 is 29.4 Å². The molecule has 0 saturated carbocycles. The molecule has 1 aromatic heterocycles. The molecular weight excluding hydrogens is 542 g/mol. The van der Waals surface area contributed by atoms with Crippen LogP contribution in [-0.2, 0) is 32.0 Å². The van der Waals surface area contributed by atoms with Crippen LogP contribution in [0.1, 0.15) is 11.1 Å². The minimum atomic E-state index is -1.27. The number of benzene rings is 2. The number of aromatic nitrogens is 1. The lowest BCUT2D eigenvalue weighted by Gasteiger charge is -2.25. The highest BCUT2D eigenvalue weighted by Gasteiger charge is 2.30.